The van der Waals surface area contributed by atoms with E-state index in [0.29, 0.717) is 5.56 Å². The molecule has 2 rings (SSSR count). The Balaban J connectivity index is 2.61. The highest BCUT2D eigenvalue weighted by molar-refractivity contribution is 5.63. The van der Waals surface area contributed by atoms with Crippen molar-refractivity contribution in [1.29, 1.82) is 5.26 Å². The number of nitriles is 1. The van der Waals surface area contributed by atoms with Gasteiger partial charge in [0.2, 0.25) is 0 Å². The van der Waals surface area contributed by atoms with E-state index in [-0.39, 0.29) is 0 Å². The van der Waals surface area contributed by atoms with Crippen LogP contribution < -0.4 is 5.32 Å². The van der Waals surface area contributed by atoms with E-state index in [1.54, 1.807) is 6.20 Å². The van der Waals surface area contributed by atoms with Crippen molar-refractivity contribution in [2.75, 3.05) is 11.9 Å². The first-order chi connectivity index (χ1) is 5.42. The van der Waals surface area contributed by atoms with Crippen molar-refractivity contribution >= 4 is 5.69 Å². The summed E-state index contributed by atoms with van der Waals surface area (Å²) >= 11 is 0. The largest absolute Gasteiger partial charge is 0.383 e. The normalized spacial score (nSPS) is 13.4. The lowest BCUT2D eigenvalue weighted by Crippen LogP contribution is -1.93. The van der Waals surface area contributed by atoms with Gasteiger partial charge in [-0.3, -0.25) is 4.98 Å². The second-order valence-corrected chi connectivity index (χ2v) is 2.51. The molecule has 0 aliphatic carbocycles. The molecule has 54 valence electrons. The lowest BCUT2D eigenvalue weighted by atomic mass is 10.2. The molecule has 11 heavy (non-hydrogen) atoms. The number of aromatic nitrogens is 1. The van der Waals surface area contributed by atoms with Crippen LogP contribution in [0.1, 0.15) is 11.1 Å². The predicted molar refractivity (Wildman–Crippen MR) is 41.1 cm³/mol. The molecule has 0 saturated heterocycles. The molecule has 0 radical (unpaired) electrons. The first-order valence-electron chi connectivity index (χ1n) is 3.52. The summed E-state index contributed by atoms with van der Waals surface area (Å²) in [6, 6.07) is 2.10. The van der Waals surface area contributed by atoms with E-state index < -0.39 is 0 Å². The molecule has 0 bridgehead atoms. The van der Waals surface area contributed by atoms with Crippen LogP contribution in [0.3, 0.4) is 0 Å². The van der Waals surface area contributed by atoms with Crippen molar-refractivity contribution in [3.63, 3.8) is 0 Å². The summed E-state index contributed by atoms with van der Waals surface area (Å²) in [6.45, 7) is 0.926. The molecule has 1 N–H and O–H groups in total. The maximum absolute atomic E-state index is 8.67. The Kier molecular flexibility index (Phi) is 1.26. The molecule has 0 fully saturated rings. The lowest BCUT2D eigenvalue weighted by Gasteiger charge is -1.98. The maximum atomic E-state index is 8.67. The highest BCUT2D eigenvalue weighted by Crippen LogP contribution is 2.23. The molecule has 2 heterocycles. The molecule has 0 unspecified atom stereocenters. The zero-order valence-corrected chi connectivity index (χ0v) is 5.96. The number of hydrogen-bond donors (Lipinski definition) is 1. The third kappa shape index (κ3) is 0.838. The smallest absolute Gasteiger partial charge is 0.103 e. The van der Waals surface area contributed by atoms with E-state index in [0.717, 1.165) is 24.2 Å². The van der Waals surface area contributed by atoms with E-state index in [1.807, 2.05) is 6.20 Å². The minimum Gasteiger partial charge on any atom is -0.383 e. The zero-order valence-electron chi connectivity index (χ0n) is 5.96. The highest BCUT2D eigenvalue weighted by atomic mass is 14.9. The Morgan fingerprint density at radius 1 is 1.55 bits per heavy atom. The average molecular weight is 145 g/mol. The van der Waals surface area contributed by atoms with Crippen LogP contribution >= 0.6 is 0 Å². The Bertz CT molecular complexity index is 325. The first kappa shape index (κ1) is 6.17. The van der Waals surface area contributed by atoms with Crippen LogP contribution in [0.15, 0.2) is 12.4 Å². The van der Waals surface area contributed by atoms with Crippen LogP contribution in [0, 0.1) is 11.3 Å². The van der Waals surface area contributed by atoms with Gasteiger partial charge < -0.3 is 5.32 Å². The fourth-order valence-electron chi connectivity index (χ4n) is 1.31. The van der Waals surface area contributed by atoms with Crippen molar-refractivity contribution in [2.24, 2.45) is 0 Å². The van der Waals surface area contributed by atoms with Gasteiger partial charge in [-0.15, -0.1) is 0 Å². The van der Waals surface area contributed by atoms with Gasteiger partial charge in [0, 0.05) is 18.9 Å². The van der Waals surface area contributed by atoms with Crippen LogP contribution in [0.4, 0.5) is 5.69 Å². The molecular formula is C8H7N3. The van der Waals surface area contributed by atoms with Crippen molar-refractivity contribution in [3.8, 4) is 6.07 Å². The van der Waals surface area contributed by atoms with E-state index in [4.69, 9.17) is 5.26 Å². The molecule has 0 aromatic carbocycles. The second-order valence-electron chi connectivity index (χ2n) is 2.51. The molecule has 0 atom stereocenters. The van der Waals surface area contributed by atoms with Gasteiger partial charge in [-0.05, 0) is 12.0 Å². The Morgan fingerprint density at radius 2 is 2.45 bits per heavy atom. The van der Waals surface area contributed by atoms with Gasteiger partial charge in [0.25, 0.3) is 0 Å². The van der Waals surface area contributed by atoms with Gasteiger partial charge in [-0.25, -0.2) is 0 Å². The van der Waals surface area contributed by atoms with Gasteiger partial charge in [0.15, 0.2) is 0 Å². The highest BCUT2D eigenvalue weighted by Gasteiger charge is 2.13. The summed E-state index contributed by atoms with van der Waals surface area (Å²) < 4.78 is 0. The van der Waals surface area contributed by atoms with E-state index in [2.05, 4.69) is 16.4 Å². The van der Waals surface area contributed by atoms with Crippen LogP contribution in [0.5, 0.6) is 0 Å². The third-order valence-corrected chi connectivity index (χ3v) is 1.84. The van der Waals surface area contributed by atoms with Gasteiger partial charge >= 0.3 is 0 Å². The maximum Gasteiger partial charge on any atom is 0.103 e. The Labute approximate surface area is 64.7 Å². The number of pyridine rings is 1. The summed E-state index contributed by atoms with van der Waals surface area (Å²) in [6.07, 6.45) is 4.39. The minimum atomic E-state index is 0.653. The SMILES string of the molecule is N#Cc1cncc2c1NCC2. The molecule has 1 aromatic rings. The summed E-state index contributed by atoms with van der Waals surface area (Å²) in [5.74, 6) is 0. The molecule has 0 spiro atoms. The van der Waals surface area contributed by atoms with Crippen molar-refractivity contribution in [3.05, 3.63) is 23.5 Å². The lowest BCUT2D eigenvalue weighted by molar-refractivity contribution is 1.09. The molecule has 0 saturated carbocycles. The van der Waals surface area contributed by atoms with Crippen LogP contribution in [0.25, 0.3) is 0 Å². The fourth-order valence-corrected chi connectivity index (χ4v) is 1.31. The second kappa shape index (κ2) is 2.24. The Morgan fingerprint density at radius 3 is 3.27 bits per heavy atom. The molecule has 3 nitrogen and oxygen atoms in total. The number of rotatable bonds is 0. The molecule has 1 aromatic heterocycles. The predicted octanol–water partition coefficient (Wildman–Crippen LogP) is 0.921. The van der Waals surface area contributed by atoms with Crippen LogP contribution in [-0.4, -0.2) is 11.5 Å². The van der Waals surface area contributed by atoms with Gasteiger partial charge in [-0.1, -0.05) is 0 Å². The number of nitrogens with zero attached hydrogens (tertiary/aromatic N) is 2. The van der Waals surface area contributed by atoms with E-state index in [9.17, 15) is 0 Å². The zero-order chi connectivity index (χ0) is 7.68. The van der Waals surface area contributed by atoms with Crippen LogP contribution in [0.2, 0.25) is 0 Å². The summed E-state index contributed by atoms with van der Waals surface area (Å²) in [4.78, 5) is 3.96. The molecule has 1 aliphatic heterocycles. The summed E-state index contributed by atoms with van der Waals surface area (Å²) in [7, 11) is 0. The molecule has 1 aliphatic rings. The number of nitrogens with one attached hydrogen (secondary N) is 1. The third-order valence-electron chi connectivity index (χ3n) is 1.84. The van der Waals surface area contributed by atoms with Gasteiger partial charge in [0.05, 0.1) is 11.3 Å². The first-order valence-corrected chi connectivity index (χ1v) is 3.52. The standard InChI is InChI=1S/C8H7N3/c9-3-7-5-10-4-6-1-2-11-8(6)7/h4-5,11H,1-2H2. The fraction of sp³-hybridized carbons (Fsp3) is 0.250. The van der Waals surface area contributed by atoms with Crippen molar-refractivity contribution in [2.45, 2.75) is 6.42 Å². The average Bonchev–Trinajstić information content (AvgIpc) is 2.50. The molecular weight excluding hydrogens is 138 g/mol. The quantitative estimate of drug-likeness (QED) is 0.590. The van der Waals surface area contributed by atoms with Crippen LogP contribution in [-0.2, 0) is 6.42 Å². The van der Waals surface area contributed by atoms with Gasteiger partial charge in [-0.2, -0.15) is 5.26 Å². The number of anilines is 1. The summed E-state index contributed by atoms with van der Waals surface area (Å²) in [5, 5.41) is 11.8. The number of hydrogen-bond acceptors (Lipinski definition) is 3. The number of fused-ring (bicyclic) bond motifs is 1. The van der Waals surface area contributed by atoms with Crippen molar-refractivity contribution < 1.29 is 0 Å². The molecule has 3 heteroatoms. The minimum absolute atomic E-state index is 0.653. The van der Waals surface area contributed by atoms with Gasteiger partial charge in [0.1, 0.15) is 6.07 Å². The van der Waals surface area contributed by atoms with Crippen molar-refractivity contribution in [1.82, 2.24) is 4.98 Å². The van der Waals surface area contributed by atoms with E-state index >= 15 is 0 Å². The topological polar surface area (TPSA) is 48.7 Å². The monoisotopic (exact) mass is 145 g/mol. The Hall–Kier alpha value is -1.56. The molecule has 0 amide bonds. The van der Waals surface area contributed by atoms with E-state index in [1.165, 1.54) is 0 Å². The summed E-state index contributed by atoms with van der Waals surface area (Å²) in [5.41, 5.74) is 2.78.